The molecule has 0 spiro atoms. The summed E-state index contributed by atoms with van der Waals surface area (Å²) in [6, 6.07) is 15.0. The van der Waals surface area contributed by atoms with E-state index in [1.165, 1.54) is 0 Å². The molecule has 2 aromatic rings. The second kappa shape index (κ2) is 12.5. The smallest absolute Gasteiger partial charge is 0.264 e. The van der Waals surface area contributed by atoms with Crippen LogP contribution in [0.1, 0.15) is 5.56 Å². The topological polar surface area (TPSA) is 102 Å². The van der Waals surface area contributed by atoms with E-state index < -0.39 is 20.2 Å². The van der Waals surface area contributed by atoms with Gasteiger partial charge in [0.25, 0.3) is 20.2 Å². The Labute approximate surface area is 198 Å². The Morgan fingerprint density at radius 3 is 1.97 bits per heavy atom. The highest BCUT2D eigenvalue weighted by atomic mass is 79.9. The predicted octanol–water partition coefficient (Wildman–Crippen LogP) is 3.38. The molecular weight excluding hydrogens is 532 g/mol. The van der Waals surface area contributed by atoms with Crippen LogP contribution in [0.4, 0.5) is 11.4 Å². The highest BCUT2D eigenvalue weighted by molar-refractivity contribution is 9.10. The second-order valence-corrected chi connectivity index (χ2v) is 10.6. The van der Waals surface area contributed by atoms with Crippen LogP contribution in [-0.2, 0) is 28.6 Å². The highest BCUT2D eigenvalue weighted by Gasteiger charge is 2.11. The number of aliphatic imine (C=N–C) groups is 1. The minimum absolute atomic E-state index is 0. The Morgan fingerprint density at radius 1 is 0.935 bits per heavy atom. The molecule has 2 aromatic carbocycles. The van der Waals surface area contributed by atoms with Crippen LogP contribution in [0.25, 0.3) is 0 Å². The Balaban J connectivity index is 0.00000480. The fourth-order valence-corrected chi connectivity index (χ4v) is 3.59. The summed E-state index contributed by atoms with van der Waals surface area (Å²) in [7, 11) is -7.13. The van der Waals surface area contributed by atoms with Crippen LogP contribution in [-0.4, -0.2) is 61.9 Å². The molecule has 0 amide bonds. The zero-order valence-electron chi connectivity index (χ0n) is 17.0. The quantitative estimate of drug-likeness (QED) is 0.309. The normalized spacial score (nSPS) is 12.0. The minimum Gasteiger partial charge on any atom is -0.367 e. The van der Waals surface area contributed by atoms with Gasteiger partial charge in [-0.15, -0.1) is 12.4 Å². The van der Waals surface area contributed by atoms with Crippen molar-refractivity contribution >= 4 is 66.2 Å². The zero-order valence-corrected chi connectivity index (χ0v) is 21.0. The Bertz CT molecular complexity index is 1040. The minimum atomic E-state index is -3.56. The van der Waals surface area contributed by atoms with Crippen molar-refractivity contribution in [2.75, 3.05) is 43.7 Å². The van der Waals surface area contributed by atoms with Crippen molar-refractivity contribution in [3.05, 3.63) is 58.6 Å². The summed E-state index contributed by atoms with van der Waals surface area (Å²) in [6.07, 6.45) is 3.68. The van der Waals surface area contributed by atoms with Crippen LogP contribution in [0, 0.1) is 0 Å². The van der Waals surface area contributed by atoms with Crippen molar-refractivity contribution in [3.8, 4) is 0 Å². The Hall–Kier alpha value is -1.50. The third-order valence-electron chi connectivity index (χ3n) is 3.75. The molecule has 0 aliphatic rings. The maximum atomic E-state index is 11.2. The van der Waals surface area contributed by atoms with Gasteiger partial charge in [0.05, 0.1) is 31.4 Å². The molecule has 0 bridgehead atoms. The number of nitrogens with zero attached hydrogens (tertiary/aromatic N) is 2. The monoisotopic (exact) mass is 554 g/mol. The van der Waals surface area contributed by atoms with Gasteiger partial charge in [-0.25, -0.2) is 0 Å². The fraction of sp³-hybridized carbons (Fsp3) is 0.316. The van der Waals surface area contributed by atoms with Crippen LogP contribution in [0.5, 0.6) is 0 Å². The van der Waals surface area contributed by atoms with E-state index in [9.17, 15) is 16.8 Å². The molecule has 0 fully saturated rings. The van der Waals surface area contributed by atoms with Crippen molar-refractivity contribution in [2.24, 2.45) is 4.99 Å². The summed E-state index contributed by atoms with van der Waals surface area (Å²) in [5, 5.41) is 0. The van der Waals surface area contributed by atoms with Gasteiger partial charge in [0.2, 0.25) is 0 Å². The van der Waals surface area contributed by atoms with Crippen molar-refractivity contribution in [1.82, 2.24) is 0 Å². The Kier molecular flexibility index (Phi) is 11.1. The largest absolute Gasteiger partial charge is 0.367 e. The first-order valence-corrected chi connectivity index (χ1v) is 13.3. The molecule has 172 valence electrons. The molecule has 12 heteroatoms. The van der Waals surface area contributed by atoms with Crippen LogP contribution in [0.3, 0.4) is 0 Å². The van der Waals surface area contributed by atoms with Gasteiger partial charge in [0, 0.05) is 29.5 Å². The lowest BCUT2D eigenvalue weighted by Gasteiger charge is -2.24. The summed E-state index contributed by atoms with van der Waals surface area (Å²) in [5.74, 6) is 0. The van der Waals surface area contributed by atoms with Gasteiger partial charge in [-0.05, 0) is 35.9 Å². The molecule has 0 saturated heterocycles. The molecule has 0 radical (unpaired) electrons. The first kappa shape index (κ1) is 27.5. The summed E-state index contributed by atoms with van der Waals surface area (Å²) in [5.41, 5.74) is 2.45. The average molecular weight is 556 g/mol. The van der Waals surface area contributed by atoms with E-state index in [-0.39, 0.29) is 38.7 Å². The molecule has 0 aliphatic heterocycles. The van der Waals surface area contributed by atoms with E-state index in [2.05, 4.69) is 20.9 Å². The second-order valence-electron chi connectivity index (χ2n) is 6.37. The van der Waals surface area contributed by atoms with E-state index in [1.807, 2.05) is 48.5 Å². The third kappa shape index (κ3) is 11.6. The molecule has 31 heavy (non-hydrogen) atoms. The van der Waals surface area contributed by atoms with Gasteiger partial charge >= 0.3 is 0 Å². The van der Waals surface area contributed by atoms with Crippen LogP contribution in [0.15, 0.2) is 58.0 Å². The van der Waals surface area contributed by atoms with Crippen molar-refractivity contribution in [2.45, 2.75) is 0 Å². The van der Waals surface area contributed by atoms with Crippen molar-refractivity contribution in [3.63, 3.8) is 0 Å². The van der Waals surface area contributed by atoms with E-state index >= 15 is 0 Å². The van der Waals surface area contributed by atoms with Gasteiger partial charge in [0.15, 0.2) is 0 Å². The van der Waals surface area contributed by atoms with E-state index in [0.717, 1.165) is 33.9 Å². The first-order chi connectivity index (χ1) is 14.0. The lowest BCUT2D eigenvalue weighted by Crippen LogP contribution is -2.32. The predicted molar refractivity (Wildman–Crippen MR) is 129 cm³/mol. The third-order valence-corrected chi connectivity index (χ3v) is 5.43. The maximum absolute atomic E-state index is 11.2. The van der Waals surface area contributed by atoms with Crippen LogP contribution < -0.4 is 4.90 Å². The molecule has 0 saturated carbocycles. The SMILES string of the molecule is CS(=O)(=O)OCCN(CCOS(C)(=O)=O)c1ccc(C=Nc2cccc(Br)c2)cc1.Cl. The molecule has 0 atom stereocenters. The van der Waals surface area contributed by atoms with Gasteiger partial charge < -0.3 is 4.90 Å². The van der Waals surface area contributed by atoms with Gasteiger partial charge in [0.1, 0.15) is 0 Å². The summed E-state index contributed by atoms with van der Waals surface area (Å²) in [6.45, 7) is 0.352. The van der Waals surface area contributed by atoms with Gasteiger partial charge in [-0.1, -0.05) is 34.1 Å². The lowest BCUT2D eigenvalue weighted by molar-refractivity contribution is 0.309. The van der Waals surface area contributed by atoms with E-state index in [1.54, 1.807) is 11.1 Å². The van der Waals surface area contributed by atoms with Gasteiger partial charge in [-0.2, -0.15) is 16.8 Å². The zero-order chi connectivity index (χ0) is 22.2. The summed E-state index contributed by atoms with van der Waals surface area (Å²) >= 11 is 3.40. The molecule has 0 aliphatic carbocycles. The van der Waals surface area contributed by atoms with Crippen molar-refractivity contribution in [1.29, 1.82) is 0 Å². The maximum Gasteiger partial charge on any atom is 0.264 e. The average Bonchev–Trinajstić information content (AvgIpc) is 2.64. The van der Waals surface area contributed by atoms with Gasteiger partial charge in [-0.3, -0.25) is 13.4 Å². The number of anilines is 1. The summed E-state index contributed by atoms with van der Waals surface area (Å²) in [4.78, 5) is 6.21. The first-order valence-electron chi connectivity index (χ1n) is 8.85. The number of hydrogen-bond acceptors (Lipinski definition) is 8. The van der Waals surface area contributed by atoms with E-state index in [0.29, 0.717) is 0 Å². The number of hydrogen-bond donors (Lipinski definition) is 0. The molecular formula is C19H24BrClN2O6S2. The number of benzene rings is 2. The molecule has 0 heterocycles. The van der Waals surface area contributed by atoms with E-state index in [4.69, 9.17) is 8.37 Å². The molecule has 0 aromatic heterocycles. The standard InChI is InChI=1S/C19H23BrN2O6S2.ClH/c1-29(23,24)27-12-10-22(11-13-28-30(2,25)26)19-8-6-16(7-9-19)15-21-18-5-3-4-17(20)14-18;/h3-9,14-15H,10-13H2,1-2H3;1H. The fourth-order valence-electron chi connectivity index (χ4n) is 2.44. The number of rotatable bonds is 11. The molecule has 8 nitrogen and oxygen atoms in total. The van der Waals surface area contributed by atoms with Crippen molar-refractivity contribution < 1.29 is 25.2 Å². The molecule has 0 unspecified atom stereocenters. The number of halogens is 2. The summed E-state index contributed by atoms with van der Waals surface area (Å²) < 4.78 is 55.3. The Morgan fingerprint density at radius 2 is 1.48 bits per heavy atom. The van der Waals surface area contributed by atoms with Crippen LogP contribution >= 0.6 is 28.3 Å². The molecule has 2 rings (SSSR count). The van der Waals surface area contributed by atoms with Crippen LogP contribution in [0.2, 0.25) is 0 Å². The highest BCUT2D eigenvalue weighted by Crippen LogP contribution is 2.19. The molecule has 0 N–H and O–H groups in total. The lowest BCUT2D eigenvalue weighted by atomic mass is 10.2.